The molecule has 0 spiro atoms. The van der Waals surface area contributed by atoms with Crippen molar-refractivity contribution in [2.45, 2.75) is 25.3 Å². The molecule has 0 saturated carbocycles. The van der Waals surface area contributed by atoms with E-state index in [9.17, 15) is 18.0 Å². The Morgan fingerprint density at radius 2 is 1.88 bits per heavy atom. The van der Waals surface area contributed by atoms with E-state index in [1.54, 1.807) is 0 Å². The van der Waals surface area contributed by atoms with Crippen molar-refractivity contribution in [3.05, 3.63) is 70.8 Å². The number of nitrogens with one attached hydrogen (secondary N) is 1. The number of ether oxygens (including phenoxy) is 1. The van der Waals surface area contributed by atoms with Gasteiger partial charge in [-0.25, -0.2) is 0 Å². The van der Waals surface area contributed by atoms with Gasteiger partial charge in [0.25, 0.3) is 5.91 Å². The van der Waals surface area contributed by atoms with Crippen LogP contribution in [0.25, 0.3) is 0 Å². The predicted molar refractivity (Wildman–Crippen MR) is 82.5 cm³/mol. The highest BCUT2D eigenvalue weighted by atomic mass is 19.4. The molecule has 1 amide bonds. The Labute approximate surface area is 137 Å². The molecule has 0 aromatic heterocycles. The second-order valence-electron chi connectivity index (χ2n) is 5.69. The van der Waals surface area contributed by atoms with Gasteiger partial charge in [-0.15, -0.1) is 0 Å². The first-order valence-corrected chi connectivity index (χ1v) is 7.57. The third-order valence-electron chi connectivity index (χ3n) is 3.98. The molecule has 6 heteroatoms. The van der Waals surface area contributed by atoms with E-state index < -0.39 is 17.6 Å². The van der Waals surface area contributed by atoms with Crippen molar-refractivity contribution >= 4 is 5.91 Å². The summed E-state index contributed by atoms with van der Waals surface area (Å²) in [6.07, 6.45) is -3.99. The Bertz CT molecular complexity index is 743. The standard InChI is InChI=1S/C18H16F3NO2/c19-18(20,21)15-7-3-6-13(8-15)17(23)22-10-16-9-12-4-1-2-5-14(12)11-24-16/h1-8,16H,9-11H2,(H,22,23). The van der Waals surface area contributed by atoms with Crippen LogP contribution in [0, 0.1) is 0 Å². The molecular weight excluding hydrogens is 319 g/mol. The summed E-state index contributed by atoms with van der Waals surface area (Å²) >= 11 is 0. The van der Waals surface area contributed by atoms with Gasteiger partial charge in [-0.05, 0) is 29.3 Å². The lowest BCUT2D eigenvalue weighted by atomic mass is 9.99. The molecule has 126 valence electrons. The maximum atomic E-state index is 12.7. The van der Waals surface area contributed by atoms with Gasteiger partial charge in [-0.3, -0.25) is 4.79 Å². The summed E-state index contributed by atoms with van der Waals surface area (Å²) < 4.78 is 43.8. The molecular formula is C18H16F3NO2. The first kappa shape index (κ1) is 16.5. The molecule has 0 fully saturated rings. The SMILES string of the molecule is O=C(NCC1Cc2ccccc2CO1)c1cccc(C(F)(F)F)c1. The van der Waals surface area contributed by atoms with E-state index in [4.69, 9.17) is 4.74 Å². The molecule has 1 aliphatic heterocycles. The average Bonchev–Trinajstić information content (AvgIpc) is 2.59. The van der Waals surface area contributed by atoms with Crippen LogP contribution in [0.3, 0.4) is 0 Å². The van der Waals surface area contributed by atoms with Gasteiger partial charge in [0.05, 0.1) is 18.3 Å². The summed E-state index contributed by atoms with van der Waals surface area (Å²) in [6, 6.07) is 12.3. The normalized spacial score (nSPS) is 17.2. The van der Waals surface area contributed by atoms with E-state index >= 15 is 0 Å². The quantitative estimate of drug-likeness (QED) is 0.931. The molecule has 0 bridgehead atoms. The van der Waals surface area contributed by atoms with Crippen molar-refractivity contribution in [3.8, 4) is 0 Å². The van der Waals surface area contributed by atoms with E-state index in [1.807, 2.05) is 24.3 Å². The monoisotopic (exact) mass is 335 g/mol. The van der Waals surface area contributed by atoms with Crippen LogP contribution in [0.15, 0.2) is 48.5 Å². The van der Waals surface area contributed by atoms with Gasteiger partial charge < -0.3 is 10.1 Å². The van der Waals surface area contributed by atoms with E-state index in [0.717, 1.165) is 17.7 Å². The number of benzene rings is 2. The number of amides is 1. The van der Waals surface area contributed by atoms with Crippen LogP contribution in [0.4, 0.5) is 13.2 Å². The number of rotatable bonds is 3. The van der Waals surface area contributed by atoms with Crippen LogP contribution in [0.5, 0.6) is 0 Å². The van der Waals surface area contributed by atoms with Gasteiger partial charge >= 0.3 is 6.18 Å². The molecule has 3 rings (SSSR count). The molecule has 1 N–H and O–H groups in total. The highest BCUT2D eigenvalue weighted by molar-refractivity contribution is 5.94. The molecule has 1 heterocycles. The molecule has 3 nitrogen and oxygen atoms in total. The zero-order chi connectivity index (χ0) is 17.2. The Kier molecular flexibility index (Phi) is 4.57. The first-order valence-electron chi connectivity index (χ1n) is 7.57. The summed E-state index contributed by atoms with van der Waals surface area (Å²) in [5.74, 6) is -0.538. The second kappa shape index (κ2) is 6.65. The van der Waals surface area contributed by atoms with Gasteiger partial charge in [0.15, 0.2) is 0 Å². The predicted octanol–water partition coefficient (Wildman–Crippen LogP) is 3.58. The Balaban J connectivity index is 1.61. The topological polar surface area (TPSA) is 38.3 Å². The molecule has 1 aliphatic rings. The minimum Gasteiger partial charge on any atom is -0.371 e. The van der Waals surface area contributed by atoms with E-state index in [1.165, 1.54) is 17.7 Å². The smallest absolute Gasteiger partial charge is 0.371 e. The van der Waals surface area contributed by atoms with Crippen LogP contribution in [0.1, 0.15) is 27.0 Å². The number of fused-ring (bicyclic) bond motifs is 1. The third kappa shape index (κ3) is 3.76. The van der Waals surface area contributed by atoms with Gasteiger partial charge in [0.1, 0.15) is 0 Å². The minimum absolute atomic E-state index is 0.0129. The molecule has 2 aromatic carbocycles. The fourth-order valence-electron chi connectivity index (χ4n) is 2.69. The van der Waals surface area contributed by atoms with Crippen LogP contribution >= 0.6 is 0 Å². The fourth-order valence-corrected chi connectivity index (χ4v) is 2.69. The highest BCUT2D eigenvalue weighted by Gasteiger charge is 2.31. The van der Waals surface area contributed by atoms with Gasteiger partial charge in [-0.2, -0.15) is 13.2 Å². The van der Waals surface area contributed by atoms with Crippen molar-refractivity contribution in [3.63, 3.8) is 0 Å². The first-order chi connectivity index (χ1) is 11.4. The molecule has 24 heavy (non-hydrogen) atoms. The summed E-state index contributed by atoms with van der Waals surface area (Å²) in [6.45, 7) is 0.726. The lowest BCUT2D eigenvalue weighted by Crippen LogP contribution is -2.36. The summed E-state index contributed by atoms with van der Waals surface area (Å²) in [4.78, 5) is 12.1. The molecule has 1 unspecified atom stereocenters. The second-order valence-corrected chi connectivity index (χ2v) is 5.69. The molecule has 1 atom stereocenters. The number of carbonyl (C=O) groups is 1. The summed E-state index contributed by atoms with van der Waals surface area (Å²) in [5.41, 5.74) is 1.44. The maximum Gasteiger partial charge on any atom is 0.416 e. The fraction of sp³-hybridized carbons (Fsp3) is 0.278. The van der Waals surface area contributed by atoms with Crippen LogP contribution in [0.2, 0.25) is 0 Å². The van der Waals surface area contributed by atoms with E-state index in [-0.39, 0.29) is 18.2 Å². The Hall–Kier alpha value is -2.34. The van der Waals surface area contributed by atoms with Crippen molar-refractivity contribution in [1.29, 1.82) is 0 Å². The minimum atomic E-state index is -4.47. The zero-order valence-corrected chi connectivity index (χ0v) is 12.8. The Morgan fingerprint density at radius 1 is 1.12 bits per heavy atom. The number of alkyl halides is 3. The molecule has 2 aromatic rings. The van der Waals surface area contributed by atoms with Crippen molar-refractivity contribution in [1.82, 2.24) is 5.32 Å². The van der Waals surface area contributed by atoms with Crippen LogP contribution in [-0.2, 0) is 23.9 Å². The number of halogens is 3. The molecule has 0 saturated heterocycles. The van der Waals surface area contributed by atoms with Crippen molar-refractivity contribution < 1.29 is 22.7 Å². The zero-order valence-electron chi connectivity index (χ0n) is 12.8. The van der Waals surface area contributed by atoms with Crippen molar-refractivity contribution in [2.24, 2.45) is 0 Å². The van der Waals surface area contributed by atoms with Crippen LogP contribution < -0.4 is 5.32 Å². The number of carbonyl (C=O) groups excluding carboxylic acids is 1. The highest BCUT2D eigenvalue weighted by Crippen LogP contribution is 2.29. The summed E-state index contributed by atoms with van der Waals surface area (Å²) in [5, 5.41) is 2.65. The average molecular weight is 335 g/mol. The van der Waals surface area contributed by atoms with Crippen LogP contribution in [-0.4, -0.2) is 18.6 Å². The van der Waals surface area contributed by atoms with Crippen molar-refractivity contribution in [2.75, 3.05) is 6.54 Å². The number of hydrogen-bond acceptors (Lipinski definition) is 2. The van der Waals surface area contributed by atoms with Gasteiger partial charge in [0.2, 0.25) is 0 Å². The lowest BCUT2D eigenvalue weighted by molar-refractivity contribution is -0.137. The Morgan fingerprint density at radius 3 is 2.62 bits per heavy atom. The lowest BCUT2D eigenvalue weighted by Gasteiger charge is -2.25. The van der Waals surface area contributed by atoms with Gasteiger partial charge in [-0.1, -0.05) is 30.3 Å². The maximum absolute atomic E-state index is 12.7. The third-order valence-corrected chi connectivity index (χ3v) is 3.98. The molecule has 0 radical (unpaired) electrons. The number of hydrogen-bond donors (Lipinski definition) is 1. The largest absolute Gasteiger partial charge is 0.416 e. The molecule has 0 aliphatic carbocycles. The van der Waals surface area contributed by atoms with E-state index in [2.05, 4.69) is 5.32 Å². The summed E-state index contributed by atoms with van der Waals surface area (Å²) in [7, 11) is 0. The van der Waals surface area contributed by atoms with Gasteiger partial charge in [0, 0.05) is 18.5 Å². The van der Waals surface area contributed by atoms with E-state index in [0.29, 0.717) is 13.0 Å².